The van der Waals surface area contributed by atoms with Crippen molar-refractivity contribution in [3.05, 3.63) is 60.7 Å². The zero-order valence-corrected chi connectivity index (χ0v) is 19.2. The van der Waals surface area contributed by atoms with E-state index in [9.17, 15) is 33.0 Å². The van der Waals surface area contributed by atoms with Gasteiger partial charge in [0.15, 0.2) is 0 Å². The molecule has 0 unspecified atom stereocenters. The number of ether oxygens (including phenoxy) is 1. The Morgan fingerprint density at radius 3 is 2.09 bits per heavy atom. The van der Waals surface area contributed by atoms with Gasteiger partial charge in [-0.2, -0.15) is 0 Å². The molecule has 0 saturated carbocycles. The molecule has 3 rings (SSSR count). The standard InChI is InChI=1S/C23H22N2O9S/c1-34-14-6-8-15(9-7-14)35(32,33)25(13-22(28)29)20-11-10-18(16-4-2-3-5-17(16)20)24-19(23(30)31)12-21(26)27/h2-11,19,24H,12-13H2,1H3,(H,26,27)(H,28,29)(H,30,31)/t19-/m0/s1. The van der Waals surface area contributed by atoms with Crippen LogP contribution in [-0.4, -0.2) is 61.3 Å². The number of carboxylic acid groups (broad SMARTS) is 3. The van der Waals surface area contributed by atoms with Crippen molar-refractivity contribution < 1.29 is 42.9 Å². The number of carbonyl (C=O) groups is 3. The normalized spacial score (nSPS) is 12.0. The second-order valence-electron chi connectivity index (χ2n) is 7.39. The van der Waals surface area contributed by atoms with Gasteiger partial charge in [-0.3, -0.25) is 13.9 Å². The van der Waals surface area contributed by atoms with Gasteiger partial charge in [0, 0.05) is 16.5 Å². The summed E-state index contributed by atoms with van der Waals surface area (Å²) in [7, 11) is -2.90. The Labute approximate surface area is 200 Å². The quantitative estimate of drug-likeness (QED) is 0.305. The Kier molecular flexibility index (Phi) is 7.45. The summed E-state index contributed by atoms with van der Waals surface area (Å²) in [4.78, 5) is 34.1. The zero-order valence-electron chi connectivity index (χ0n) is 18.4. The lowest BCUT2D eigenvalue weighted by Crippen LogP contribution is -2.36. The van der Waals surface area contributed by atoms with Gasteiger partial charge in [-0.15, -0.1) is 0 Å². The van der Waals surface area contributed by atoms with Gasteiger partial charge in [0.2, 0.25) is 0 Å². The van der Waals surface area contributed by atoms with Crippen LogP contribution in [0.15, 0.2) is 65.6 Å². The lowest BCUT2D eigenvalue weighted by Gasteiger charge is -2.25. The summed E-state index contributed by atoms with van der Waals surface area (Å²) >= 11 is 0. The van der Waals surface area contributed by atoms with Crippen LogP contribution in [-0.2, 0) is 24.4 Å². The van der Waals surface area contributed by atoms with Crippen molar-refractivity contribution in [1.82, 2.24) is 0 Å². The third-order valence-electron chi connectivity index (χ3n) is 5.10. The molecule has 3 aromatic carbocycles. The van der Waals surface area contributed by atoms with Crippen molar-refractivity contribution in [2.24, 2.45) is 0 Å². The number of rotatable bonds is 11. The number of hydrogen-bond donors (Lipinski definition) is 4. The van der Waals surface area contributed by atoms with E-state index in [1.807, 2.05) is 0 Å². The highest BCUT2D eigenvalue weighted by Gasteiger charge is 2.29. The third kappa shape index (κ3) is 5.61. The van der Waals surface area contributed by atoms with E-state index in [-0.39, 0.29) is 16.3 Å². The van der Waals surface area contributed by atoms with E-state index in [0.717, 1.165) is 4.31 Å². The van der Waals surface area contributed by atoms with Crippen LogP contribution in [0.2, 0.25) is 0 Å². The van der Waals surface area contributed by atoms with E-state index in [4.69, 9.17) is 9.84 Å². The Morgan fingerprint density at radius 1 is 0.914 bits per heavy atom. The van der Waals surface area contributed by atoms with Crippen molar-refractivity contribution in [1.29, 1.82) is 0 Å². The molecule has 0 heterocycles. The minimum absolute atomic E-state index is 0.0504. The molecular formula is C23H22N2O9S. The van der Waals surface area contributed by atoms with E-state index < -0.39 is 46.9 Å². The van der Waals surface area contributed by atoms with Crippen LogP contribution >= 0.6 is 0 Å². The molecule has 0 aromatic heterocycles. The molecule has 184 valence electrons. The third-order valence-corrected chi connectivity index (χ3v) is 6.88. The van der Waals surface area contributed by atoms with Gasteiger partial charge in [0.1, 0.15) is 18.3 Å². The molecule has 0 fully saturated rings. The van der Waals surface area contributed by atoms with Crippen molar-refractivity contribution in [3.8, 4) is 5.75 Å². The van der Waals surface area contributed by atoms with E-state index >= 15 is 0 Å². The van der Waals surface area contributed by atoms with E-state index in [0.29, 0.717) is 16.5 Å². The summed E-state index contributed by atoms with van der Waals surface area (Å²) in [6.07, 6.45) is -0.692. The molecule has 0 aliphatic carbocycles. The van der Waals surface area contributed by atoms with Crippen LogP contribution in [0.1, 0.15) is 6.42 Å². The van der Waals surface area contributed by atoms with Gasteiger partial charge in [-0.1, -0.05) is 24.3 Å². The average molecular weight is 503 g/mol. The molecular weight excluding hydrogens is 480 g/mol. The maximum Gasteiger partial charge on any atom is 0.326 e. The first-order chi connectivity index (χ1) is 16.5. The lowest BCUT2D eigenvalue weighted by molar-refractivity contribution is -0.144. The molecule has 0 aliphatic rings. The number of benzene rings is 3. The van der Waals surface area contributed by atoms with Gasteiger partial charge < -0.3 is 25.4 Å². The Morgan fingerprint density at radius 2 is 1.54 bits per heavy atom. The molecule has 0 radical (unpaired) electrons. The predicted octanol–water partition coefficient (Wildman–Crippen LogP) is 2.47. The predicted molar refractivity (Wildman–Crippen MR) is 126 cm³/mol. The van der Waals surface area contributed by atoms with Crippen molar-refractivity contribution in [3.63, 3.8) is 0 Å². The van der Waals surface area contributed by atoms with Crippen LogP contribution in [0.25, 0.3) is 10.8 Å². The number of nitrogens with one attached hydrogen (secondary N) is 1. The highest BCUT2D eigenvalue weighted by atomic mass is 32.2. The van der Waals surface area contributed by atoms with Crippen molar-refractivity contribution in [2.45, 2.75) is 17.4 Å². The van der Waals surface area contributed by atoms with Gasteiger partial charge >= 0.3 is 17.9 Å². The smallest absolute Gasteiger partial charge is 0.326 e. The molecule has 4 N–H and O–H groups in total. The first-order valence-electron chi connectivity index (χ1n) is 10.2. The molecule has 0 bridgehead atoms. The Balaban J connectivity index is 2.14. The van der Waals surface area contributed by atoms with Crippen molar-refractivity contribution >= 4 is 50.1 Å². The molecule has 11 nitrogen and oxygen atoms in total. The summed E-state index contributed by atoms with van der Waals surface area (Å²) < 4.78 is 32.7. The van der Waals surface area contributed by atoms with E-state index in [1.165, 1.54) is 43.5 Å². The SMILES string of the molecule is COc1ccc(S(=O)(=O)N(CC(=O)O)c2ccc(N[C@@H](CC(=O)O)C(=O)O)c3ccccc23)cc1. The van der Waals surface area contributed by atoms with E-state index in [2.05, 4.69) is 5.32 Å². The second-order valence-corrected chi connectivity index (χ2v) is 9.25. The zero-order chi connectivity index (χ0) is 25.8. The van der Waals surface area contributed by atoms with Crippen LogP contribution < -0.4 is 14.4 Å². The molecule has 0 aliphatic heterocycles. The Bertz CT molecular complexity index is 1370. The van der Waals surface area contributed by atoms with Crippen molar-refractivity contribution in [2.75, 3.05) is 23.3 Å². The number of aliphatic carboxylic acids is 3. The fourth-order valence-electron chi connectivity index (χ4n) is 3.49. The topological polar surface area (TPSA) is 171 Å². The fourth-order valence-corrected chi connectivity index (χ4v) is 4.92. The molecule has 0 saturated heterocycles. The molecule has 35 heavy (non-hydrogen) atoms. The number of fused-ring (bicyclic) bond motifs is 1. The molecule has 12 heteroatoms. The molecule has 0 amide bonds. The largest absolute Gasteiger partial charge is 0.497 e. The van der Waals surface area contributed by atoms with Gasteiger partial charge in [-0.25, -0.2) is 13.2 Å². The fraction of sp³-hybridized carbons (Fsp3) is 0.174. The summed E-state index contributed by atoms with van der Waals surface area (Å²) in [6, 6.07) is 13.1. The highest BCUT2D eigenvalue weighted by Crippen LogP contribution is 2.35. The van der Waals surface area contributed by atoms with Crippen LogP contribution in [0, 0.1) is 0 Å². The maximum atomic E-state index is 13.4. The molecule has 1 atom stereocenters. The summed E-state index contributed by atoms with van der Waals surface area (Å²) in [5.41, 5.74) is 0.296. The van der Waals surface area contributed by atoms with Crippen LogP contribution in [0.4, 0.5) is 11.4 Å². The summed E-state index contributed by atoms with van der Waals surface area (Å²) in [6.45, 7) is -0.873. The molecule has 0 spiro atoms. The first kappa shape index (κ1) is 25.3. The monoisotopic (exact) mass is 502 g/mol. The summed E-state index contributed by atoms with van der Waals surface area (Å²) in [5, 5.41) is 31.2. The first-order valence-corrected chi connectivity index (χ1v) is 11.6. The lowest BCUT2D eigenvalue weighted by atomic mass is 10.1. The minimum Gasteiger partial charge on any atom is -0.497 e. The number of methoxy groups -OCH3 is 1. The second kappa shape index (κ2) is 10.3. The minimum atomic E-state index is -4.33. The number of hydrogen-bond acceptors (Lipinski definition) is 7. The number of carboxylic acids is 3. The number of anilines is 2. The maximum absolute atomic E-state index is 13.4. The van der Waals surface area contributed by atoms with Crippen LogP contribution in [0.3, 0.4) is 0 Å². The van der Waals surface area contributed by atoms with Gasteiger partial charge in [-0.05, 0) is 36.4 Å². The summed E-state index contributed by atoms with van der Waals surface area (Å²) in [5.74, 6) is -3.66. The number of nitrogens with zero attached hydrogens (tertiary/aromatic N) is 1. The van der Waals surface area contributed by atoms with E-state index in [1.54, 1.807) is 24.3 Å². The average Bonchev–Trinajstić information content (AvgIpc) is 2.82. The highest BCUT2D eigenvalue weighted by molar-refractivity contribution is 7.92. The Hall–Kier alpha value is -4.32. The molecule has 3 aromatic rings. The number of sulfonamides is 1. The van der Waals surface area contributed by atoms with Gasteiger partial charge in [0.05, 0.1) is 24.1 Å². The van der Waals surface area contributed by atoms with Gasteiger partial charge in [0.25, 0.3) is 10.0 Å². The van der Waals surface area contributed by atoms with Crippen LogP contribution in [0.5, 0.6) is 5.75 Å².